The quantitative estimate of drug-likeness (QED) is 0.747. The van der Waals surface area contributed by atoms with Gasteiger partial charge in [-0.1, -0.05) is 30.3 Å². The van der Waals surface area contributed by atoms with Crippen LogP contribution in [0.5, 0.6) is 0 Å². The Bertz CT molecular complexity index is 865. The van der Waals surface area contributed by atoms with Crippen molar-refractivity contribution in [3.05, 3.63) is 65.7 Å². The number of nitrogens with one attached hydrogen (secondary N) is 1. The van der Waals surface area contributed by atoms with Crippen LogP contribution in [-0.2, 0) is 6.42 Å². The van der Waals surface area contributed by atoms with Crippen molar-refractivity contribution in [2.75, 3.05) is 11.9 Å². The molecule has 2 aromatic heterocycles. The van der Waals surface area contributed by atoms with E-state index in [1.165, 1.54) is 18.4 Å². The predicted molar refractivity (Wildman–Crippen MR) is 98.9 cm³/mol. The van der Waals surface area contributed by atoms with Gasteiger partial charge in [-0.25, -0.2) is 9.67 Å². The molecule has 1 N–H and O–H groups in total. The number of anilines is 1. The van der Waals surface area contributed by atoms with Gasteiger partial charge in [-0.2, -0.15) is 5.10 Å². The van der Waals surface area contributed by atoms with E-state index in [0.717, 1.165) is 36.0 Å². The lowest BCUT2D eigenvalue weighted by molar-refractivity contribution is 0.537. The smallest absolute Gasteiger partial charge is 0.174 e. The third kappa shape index (κ3) is 3.55. The molecule has 0 amide bonds. The van der Waals surface area contributed by atoms with Gasteiger partial charge < -0.3 is 5.32 Å². The summed E-state index contributed by atoms with van der Waals surface area (Å²) < 4.78 is 1.84. The number of aryl methyl sites for hydroxylation is 2. The summed E-state index contributed by atoms with van der Waals surface area (Å²) in [6.07, 6.45) is 7.18. The first-order valence-electron chi connectivity index (χ1n) is 8.77. The summed E-state index contributed by atoms with van der Waals surface area (Å²) in [5.41, 5.74) is 3.81. The third-order valence-electron chi connectivity index (χ3n) is 4.87. The fourth-order valence-electron chi connectivity index (χ4n) is 3.30. The summed E-state index contributed by atoms with van der Waals surface area (Å²) in [6, 6.07) is 12.8. The summed E-state index contributed by atoms with van der Waals surface area (Å²) in [6.45, 7) is 4.94. The van der Waals surface area contributed by atoms with Crippen LogP contribution in [-0.4, -0.2) is 26.3 Å². The first-order chi connectivity index (χ1) is 12.1. The SMILES string of the molecule is Cc1cc(C)n(-c2cncc(NCC3(Cc4ccccc4)CC3)n2)n1. The van der Waals surface area contributed by atoms with Gasteiger partial charge in [0.15, 0.2) is 5.82 Å². The Balaban J connectivity index is 1.45. The lowest BCUT2D eigenvalue weighted by Crippen LogP contribution is -2.19. The maximum Gasteiger partial charge on any atom is 0.174 e. The normalized spacial score (nSPS) is 15.1. The van der Waals surface area contributed by atoms with Crippen molar-refractivity contribution in [2.45, 2.75) is 33.1 Å². The molecule has 128 valence electrons. The summed E-state index contributed by atoms with van der Waals surface area (Å²) in [4.78, 5) is 9.01. The highest BCUT2D eigenvalue weighted by Crippen LogP contribution is 2.48. The second-order valence-corrected chi connectivity index (χ2v) is 7.12. The van der Waals surface area contributed by atoms with Crippen molar-refractivity contribution in [1.82, 2.24) is 19.7 Å². The van der Waals surface area contributed by atoms with Crippen molar-refractivity contribution in [2.24, 2.45) is 5.41 Å². The second-order valence-electron chi connectivity index (χ2n) is 7.12. The van der Waals surface area contributed by atoms with Crippen molar-refractivity contribution >= 4 is 5.82 Å². The Morgan fingerprint density at radius 1 is 1.12 bits per heavy atom. The molecular weight excluding hydrogens is 310 g/mol. The van der Waals surface area contributed by atoms with Crippen LogP contribution in [0.15, 0.2) is 48.8 Å². The zero-order chi connectivity index (χ0) is 17.3. The molecule has 1 saturated carbocycles. The van der Waals surface area contributed by atoms with Gasteiger partial charge in [-0.05, 0) is 50.2 Å². The number of aromatic nitrogens is 4. The monoisotopic (exact) mass is 333 g/mol. The van der Waals surface area contributed by atoms with Gasteiger partial charge in [0, 0.05) is 12.2 Å². The maximum atomic E-state index is 4.68. The summed E-state index contributed by atoms with van der Waals surface area (Å²) in [7, 11) is 0. The minimum atomic E-state index is 0.358. The maximum absolute atomic E-state index is 4.68. The molecule has 25 heavy (non-hydrogen) atoms. The minimum absolute atomic E-state index is 0.358. The molecule has 1 aliphatic rings. The van der Waals surface area contributed by atoms with Gasteiger partial charge in [0.05, 0.1) is 18.1 Å². The summed E-state index contributed by atoms with van der Waals surface area (Å²) in [5, 5.41) is 7.97. The average molecular weight is 333 g/mol. The highest BCUT2D eigenvalue weighted by Gasteiger charge is 2.42. The van der Waals surface area contributed by atoms with Crippen LogP contribution >= 0.6 is 0 Å². The van der Waals surface area contributed by atoms with Gasteiger partial charge in [-0.15, -0.1) is 0 Å². The Hall–Kier alpha value is -2.69. The average Bonchev–Trinajstić information content (AvgIpc) is 3.30. The Labute approximate surface area is 148 Å². The second kappa shape index (κ2) is 6.31. The zero-order valence-electron chi connectivity index (χ0n) is 14.7. The van der Waals surface area contributed by atoms with Crippen molar-refractivity contribution in [3.8, 4) is 5.82 Å². The molecule has 0 bridgehead atoms. The van der Waals surface area contributed by atoms with Crippen molar-refractivity contribution in [1.29, 1.82) is 0 Å². The molecule has 0 atom stereocenters. The van der Waals surface area contributed by atoms with E-state index in [0.29, 0.717) is 5.41 Å². The lowest BCUT2D eigenvalue weighted by Gasteiger charge is -2.17. The van der Waals surface area contributed by atoms with Crippen LogP contribution in [0.3, 0.4) is 0 Å². The molecule has 0 radical (unpaired) electrons. The van der Waals surface area contributed by atoms with E-state index in [9.17, 15) is 0 Å². The van der Waals surface area contributed by atoms with E-state index < -0.39 is 0 Å². The fraction of sp³-hybridized carbons (Fsp3) is 0.350. The van der Waals surface area contributed by atoms with Gasteiger partial charge >= 0.3 is 0 Å². The van der Waals surface area contributed by atoms with E-state index in [4.69, 9.17) is 0 Å². The highest BCUT2D eigenvalue weighted by atomic mass is 15.3. The van der Waals surface area contributed by atoms with Crippen molar-refractivity contribution in [3.63, 3.8) is 0 Å². The van der Waals surface area contributed by atoms with Gasteiger partial charge in [0.1, 0.15) is 5.82 Å². The lowest BCUT2D eigenvalue weighted by atomic mass is 9.96. The third-order valence-corrected chi connectivity index (χ3v) is 4.87. The van der Waals surface area contributed by atoms with Gasteiger partial charge in [-0.3, -0.25) is 4.98 Å². The first-order valence-corrected chi connectivity index (χ1v) is 8.77. The Morgan fingerprint density at radius 3 is 2.60 bits per heavy atom. The van der Waals surface area contributed by atoms with Crippen LogP contribution in [0.2, 0.25) is 0 Å². The van der Waals surface area contributed by atoms with E-state index in [1.54, 1.807) is 12.4 Å². The number of hydrogen-bond acceptors (Lipinski definition) is 4. The molecule has 5 heteroatoms. The topological polar surface area (TPSA) is 55.6 Å². The number of benzene rings is 1. The van der Waals surface area contributed by atoms with Gasteiger partial charge in [0.25, 0.3) is 0 Å². The van der Waals surface area contributed by atoms with Crippen molar-refractivity contribution < 1.29 is 0 Å². The number of nitrogens with zero attached hydrogens (tertiary/aromatic N) is 4. The molecule has 1 aromatic carbocycles. The fourth-order valence-corrected chi connectivity index (χ4v) is 3.30. The van der Waals surface area contributed by atoms with E-state index in [1.807, 2.05) is 24.6 Å². The minimum Gasteiger partial charge on any atom is -0.368 e. The van der Waals surface area contributed by atoms with Crippen LogP contribution in [0.4, 0.5) is 5.82 Å². The molecule has 0 aliphatic heterocycles. The Morgan fingerprint density at radius 2 is 1.92 bits per heavy atom. The number of hydrogen-bond donors (Lipinski definition) is 1. The summed E-state index contributed by atoms with van der Waals surface area (Å²) in [5.74, 6) is 1.56. The summed E-state index contributed by atoms with van der Waals surface area (Å²) >= 11 is 0. The number of rotatable bonds is 6. The molecule has 4 rings (SSSR count). The molecule has 2 heterocycles. The molecule has 1 fully saturated rings. The zero-order valence-corrected chi connectivity index (χ0v) is 14.7. The Kier molecular flexibility index (Phi) is 3.99. The van der Waals surface area contributed by atoms with Crippen LogP contribution in [0, 0.1) is 19.3 Å². The van der Waals surface area contributed by atoms with Crippen LogP contribution in [0.25, 0.3) is 5.82 Å². The predicted octanol–water partition coefficient (Wildman–Crippen LogP) is 3.71. The van der Waals surface area contributed by atoms with Gasteiger partial charge in [0.2, 0.25) is 0 Å². The van der Waals surface area contributed by atoms with E-state index in [-0.39, 0.29) is 0 Å². The highest BCUT2D eigenvalue weighted by molar-refractivity contribution is 5.37. The molecule has 1 aliphatic carbocycles. The molecule has 0 unspecified atom stereocenters. The molecule has 0 spiro atoms. The molecular formula is C20H23N5. The first kappa shape index (κ1) is 15.8. The molecule has 3 aromatic rings. The standard InChI is InChI=1S/C20H23N5/c1-15-10-16(2)25(24-15)19-13-21-12-18(23-19)22-14-20(8-9-20)11-17-6-4-3-5-7-17/h3-7,10,12-13H,8-9,11,14H2,1-2H3,(H,22,23). The van der Waals surface area contributed by atoms with E-state index >= 15 is 0 Å². The molecule has 5 nitrogen and oxygen atoms in total. The van der Waals surface area contributed by atoms with Crippen LogP contribution in [0.1, 0.15) is 29.8 Å². The van der Waals surface area contributed by atoms with E-state index in [2.05, 4.69) is 50.7 Å². The largest absolute Gasteiger partial charge is 0.368 e. The van der Waals surface area contributed by atoms with Crippen LogP contribution < -0.4 is 5.32 Å². The molecule has 0 saturated heterocycles.